The van der Waals surface area contributed by atoms with Crippen molar-refractivity contribution in [1.29, 1.82) is 0 Å². The molecule has 1 amide bonds. The van der Waals surface area contributed by atoms with E-state index in [1.165, 1.54) is 11.3 Å². The van der Waals surface area contributed by atoms with Crippen LogP contribution >= 0.6 is 33.9 Å². The summed E-state index contributed by atoms with van der Waals surface area (Å²) >= 11 is 3.56. The van der Waals surface area contributed by atoms with E-state index in [1.54, 1.807) is 10.9 Å². The number of hydrogen-bond acceptors (Lipinski definition) is 4. The van der Waals surface area contributed by atoms with Crippen molar-refractivity contribution in [3.05, 3.63) is 37.9 Å². The molecule has 0 atom stereocenters. The van der Waals surface area contributed by atoms with Crippen LogP contribution in [0.2, 0.25) is 0 Å². The van der Waals surface area contributed by atoms with Gasteiger partial charge in [0.05, 0.1) is 21.2 Å². The molecule has 0 bridgehead atoms. The fourth-order valence-electron chi connectivity index (χ4n) is 1.32. The van der Waals surface area contributed by atoms with Gasteiger partial charge in [-0.05, 0) is 39.6 Å². The Labute approximate surface area is 110 Å². The lowest BCUT2D eigenvalue weighted by Gasteiger charge is -2.02. The average molecular weight is 348 g/mol. The van der Waals surface area contributed by atoms with Crippen molar-refractivity contribution in [3.63, 3.8) is 0 Å². The summed E-state index contributed by atoms with van der Waals surface area (Å²) in [4.78, 5) is 12.1. The third-order valence-corrected chi connectivity index (χ3v) is 3.53. The van der Waals surface area contributed by atoms with Gasteiger partial charge in [-0.3, -0.25) is 14.9 Å². The lowest BCUT2D eigenvalue weighted by atomic mass is 10.2. The summed E-state index contributed by atoms with van der Waals surface area (Å²) in [6, 6.07) is 1.91. The van der Waals surface area contributed by atoms with Gasteiger partial charge in [0.25, 0.3) is 5.91 Å². The van der Waals surface area contributed by atoms with Gasteiger partial charge in [0.15, 0.2) is 0 Å². The predicted molar refractivity (Wildman–Crippen MR) is 70.0 cm³/mol. The molecular weight excluding hydrogens is 339 g/mol. The minimum absolute atomic E-state index is 0.258. The molecule has 16 heavy (non-hydrogen) atoms. The first-order valence-corrected chi connectivity index (χ1v) is 6.42. The molecule has 0 unspecified atom stereocenters. The molecule has 7 heteroatoms. The number of nitrogens with two attached hydrogens (primary N) is 1. The molecule has 0 saturated heterocycles. The summed E-state index contributed by atoms with van der Waals surface area (Å²) in [5, 5.41) is 6.04. The second kappa shape index (κ2) is 4.93. The Kier molecular flexibility index (Phi) is 3.56. The number of thiophene rings is 1. The number of hydrazine groups is 1. The molecule has 2 rings (SSSR count). The van der Waals surface area contributed by atoms with Gasteiger partial charge in [-0.2, -0.15) is 5.10 Å². The summed E-state index contributed by atoms with van der Waals surface area (Å²) in [7, 11) is 0. The topological polar surface area (TPSA) is 72.9 Å². The van der Waals surface area contributed by atoms with Crippen molar-refractivity contribution in [2.45, 2.75) is 6.54 Å². The minimum atomic E-state index is -0.258. The standard InChI is InChI=1S/C9H9IN4OS/c10-7-3-12-14(5-7)4-6-1-2-16-8(6)9(15)13-11/h1-3,5H,4,11H2,(H,13,15). The van der Waals surface area contributed by atoms with Crippen LogP contribution in [-0.4, -0.2) is 15.7 Å². The van der Waals surface area contributed by atoms with Crippen molar-refractivity contribution in [1.82, 2.24) is 15.2 Å². The van der Waals surface area contributed by atoms with E-state index in [1.807, 2.05) is 17.6 Å². The lowest BCUT2D eigenvalue weighted by molar-refractivity contribution is 0.0956. The highest BCUT2D eigenvalue weighted by molar-refractivity contribution is 14.1. The number of hydrogen-bond donors (Lipinski definition) is 2. The Morgan fingerprint density at radius 2 is 2.50 bits per heavy atom. The number of aromatic nitrogens is 2. The zero-order valence-corrected chi connectivity index (χ0v) is 11.2. The largest absolute Gasteiger partial charge is 0.289 e. The summed E-state index contributed by atoms with van der Waals surface area (Å²) in [5.74, 6) is 4.86. The highest BCUT2D eigenvalue weighted by Gasteiger charge is 2.12. The fraction of sp³-hybridized carbons (Fsp3) is 0.111. The first-order chi connectivity index (χ1) is 7.70. The molecule has 0 aliphatic rings. The first kappa shape index (κ1) is 11.6. The summed E-state index contributed by atoms with van der Waals surface area (Å²) < 4.78 is 2.86. The number of nitrogens with zero attached hydrogens (tertiary/aromatic N) is 2. The van der Waals surface area contributed by atoms with E-state index < -0.39 is 0 Å². The Morgan fingerprint density at radius 1 is 1.69 bits per heavy atom. The molecular formula is C9H9IN4OS. The molecule has 0 saturated carbocycles. The van der Waals surface area contributed by atoms with Crippen molar-refractivity contribution in [2.24, 2.45) is 5.84 Å². The molecule has 5 nitrogen and oxygen atoms in total. The summed E-state index contributed by atoms with van der Waals surface area (Å²) in [5.41, 5.74) is 3.06. The Morgan fingerprint density at radius 3 is 3.12 bits per heavy atom. The van der Waals surface area contributed by atoms with Crippen LogP contribution in [0.15, 0.2) is 23.8 Å². The van der Waals surface area contributed by atoms with Crippen LogP contribution in [0.25, 0.3) is 0 Å². The summed E-state index contributed by atoms with van der Waals surface area (Å²) in [6.45, 7) is 0.579. The van der Waals surface area contributed by atoms with Crippen LogP contribution in [0.3, 0.4) is 0 Å². The molecule has 0 spiro atoms. The average Bonchev–Trinajstić information content (AvgIpc) is 2.87. The second-order valence-electron chi connectivity index (χ2n) is 3.10. The van der Waals surface area contributed by atoms with E-state index in [0.717, 1.165) is 9.13 Å². The highest BCUT2D eigenvalue weighted by Crippen LogP contribution is 2.17. The van der Waals surface area contributed by atoms with Crippen LogP contribution in [0.1, 0.15) is 15.2 Å². The number of carbonyl (C=O) groups is 1. The third-order valence-electron chi connectivity index (χ3n) is 2.02. The Hall–Kier alpha value is -0.930. The second-order valence-corrected chi connectivity index (χ2v) is 5.27. The smallest absolute Gasteiger partial charge is 0.275 e. The minimum Gasteiger partial charge on any atom is -0.289 e. The lowest BCUT2D eigenvalue weighted by Crippen LogP contribution is -2.30. The third kappa shape index (κ3) is 2.42. The maximum absolute atomic E-state index is 11.4. The Bertz CT molecular complexity index is 507. The zero-order valence-electron chi connectivity index (χ0n) is 8.18. The van der Waals surface area contributed by atoms with Gasteiger partial charge in [0, 0.05) is 6.20 Å². The van der Waals surface area contributed by atoms with Crippen molar-refractivity contribution in [2.75, 3.05) is 0 Å². The molecule has 2 aromatic heterocycles. The zero-order chi connectivity index (χ0) is 11.5. The van der Waals surface area contributed by atoms with Gasteiger partial charge < -0.3 is 0 Å². The van der Waals surface area contributed by atoms with Gasteiger partial charge in [0.2, 0.25) is 0 Å². The molecule has 0 aliphatic heterocycles. The van der Waals surface area contributed by atoms with E-state index in [4.69, 9.17) is 5.84 Å². The number of rotatable bonds is 3. The maximum Gasteiger partial charge on any atom is 0.275 e. The van der Waals surface area contributed by atoms with Gasteiger partial charge in [-0.15, -0.1) is 11.3 Å². The van der Waals surface area contributed by atoms with Crippen LogP contribution < -0.4 is 11.3 Å². The number of nitrogens with one attached hydrogen (secondary N) is 1. The predicted octanol–water partition coefficient (Wildman–Crippen LogP) is 1.20. The van der Waals surface area contributed by atoms with Crippen LogP contribution in [-0.2, 0) is 6.54 Å². The monoisotopic (exact) mass is 348 g/mol. The van der Waals surface area contributed by atoms with E-state index in [0.29, 0.717) is 11.4 Å². The van der Waals surface area contributed by atoms with E-state index in [2.05, 4.69) is 33.1 Å². The molecule has 3 N–H and O–H groups in total. The normalized spacial score (nSPS) is 10.4. The molecule has 2 heterocycles. The van der Waals surface area contributed by atoms with Crippen molar-refractivity contribution < 1.29 is 4.79 Å². The summed E-state index contributed by atoms with van der Waals surface area (Å²) in [6.07, 6.45) is 3.69. The van der Waals surface area contributed by atoms with E-state index in [9.17, 15) is 4.79 Å². The van der Waals surface area contributed by atoms with Gasteiger partial charge in [0.1, 0.15) is 0 Å². The SMILES string of the molecule is NNC(=O)c1sccc1Cn1cc(I)cn1. The van der Waals surface area contributed by atoms with Gasteiger partial charge in [-0.25, -0.2) is 5.84 Å². The van der Waals surface area contributed by atoms with Crippen LogP contribution in [0.4, 0.5) is 0 Å². The van der Waals surface area contributed by atoms with Crippen molar-refractivity contribution in [3.8, 4) is 0 Å². The molecule has 0 radical (unpaired) electrons. The quantitative estimate of drug-likeness (QED) is 0.379. The molecule has 0 aliphatic carbocycles. The highest BCUT2D eigenvalue weighted by atomic mass is 127. The van der Waals surface area contributed by atoms with Gasteiger partial charge >= 0.3 is 0 Å². The Balaban J connectivity index is 2.22. The van der Waals surface area contributed by atoms with Crippen LogP contribution in [0, 0.1) is 3.57 Å². The van der Waals surface area contributed by atoms with Crippen molar-refractivity contribution >= 4 is 39.8 Å². The fourth-order valence-corrected chi connectivity index (χ4v) is 2.59. The number of halogens is 1. The maximum atomic E-state index is 11.4. The molecule has 0 fully saturated rings. The molecule has 0 aromatic carbocycles. The number of nitrogen functional groups attached to an aromatic ring is 1. The van der Waals surface area contributed by atoms with Crippen LogP contribution in [0.5, 0.6) is 0 Å². The molecule has 84 valence electrons. The first-order valence-electron chi connectivity index (χ1n) is 4.46. The number of carbonyl (C=O) groups excluding carboxylic acids is 1. The van der Waals surface area contributed by atoms with Gasteiger partial charge in [-0.1, -0.05) is 0 Å². The van der Waals surface area contributed by atoms with E-state index in [-0.39, 0.29) is 5.91 Å². The number of amides is 1. The van der Waals surface area contributed by atoms with E-state index >= 15 is 0 Å². The molecule has 2 aromatic rings.